The number of hydrogen-bond donors (Lipinski definition) is 1. The molecule has 5 nitrogen and oxygen atoms in total. The van der Waals surface area contributed by atoms with Crippen molar-refractivity contribution in [3.05, 3.63) is 41.7 Å². The van der Waals surface area contributed by atoms with Crippen molar-refractivity contribution in [2.24, 2.45) is 0 Å². The molecule has 0 spiro atoms. The van der Waals surface area contributed by atoms with Crippen LogP contribution >= 0.6 is 11.8 Å². The van der Waals surface area contributed by atoms with Crippen LogP contribution in [0.15, 0.2) is 40.6 Å². The summed E-state index contributed by atoms with van der Waals surface area (Å²) in [4.78, 5) is 20.8. The molecule has 2 rings (SSSR count). The van der Waals surface area contributed by atoms with Crippen LogP contribution in [0.25, 0.3) is 0 Å². The molecule has 0 fully saturated rings. The van der Waals surface area contributed by atoms with E-state index >= 15 is 0 Å². The minimum Gasteiger partial charge on any atom is -0.462 e. The van der Waals surface area contributed by atoms with E-state index in [9.17, 15) is 4.79 Å². The summed E-state index contributed by atoms with van der Waals surface area (Å²) in [5.74, 6) is -0.373. The molecule has 1 aromatic carbocycles. The fraction of sp³-hybridized carbons (Fsp3) is 0.214. The summed E-state index contributed by atoms with van der Waals surface area (Å²) >= 11 is 1.36. The number of benzene rings is 1. The molecule has 0 aliphatic heterocycles. The molecule has 0 aliphatic carbocycles. The number of hydrogen-bond acceptors (Lipinski definition) is 6. The number of ether oxygens (including phenoxy) is 1. The van der Waals surface area contributed by atoms with Gasteiger partial charge in [-0.3, -0.25) is 0 Å². The van der Waals surface area contributed by atoms with E-state index in [2.05, 4.69) is 9.97 Å². The number of nitrogens with two attached hydrogens (primary N) is 1. The molecule has 1 heterocycles. The Hall–Kier alpha value is -2.08. The van der Waals surface area contributed by atoms with Gasteiger partial charge in [0.1, 0.15) is 0 Å². The van der Waals surface area contributed by atoms with Crippen molar-refractivity contribution in [2.45, 2.75) is 23.9 Å². The molecule has 0 saturated heterocycles. The predicted molar refractivity (Wildman–Crippen MR) is 77.7 cm³/mol. The first-order chi connectivity index (χ1) is 9.60. The van der Waals surface area contributed by atoms with E-state index in [4.69, 9.17) is 10.5 Å². The maximum absolute atomic E-state index is 11.6. The molecule has 20 heavy (non-hydrogen) atoms. The molecule has 0 atom stereocenters. The predicted octanol–water partition coefficient (Wildman–Crippen LogP) is 2.70. The summed E-state index contributed by atoms with van der Waals surface area (Å²) in [5.41, 5.74) is 7.90. The van der Waals surface area contributed by atoms with Crippen LogP contribution in [0.1, 0.15) is 22.8 Å². The first-order valence-electron chi connectivity index (χ1n) is 6.13. The first-order valence-corrected chi connectivity index (χ1v) is 6.95. The van der Waals surface area contributed by atoms with Gasteiger partial charge in [0.15, 0.2) is 5.16 Å². The third-order valence-corrected chi connectivity index (χ3v) is 3.46. The summed E-state index contributed by atoms with van der Waals surface area (Å²) in [6, 6.07) is 5.06. The molecule has 0 amide bonds. The Morgan fingerprint density at radius 3 is 2.65 bits per heavy atom. The maximum atomic E-state index is 11.6. The second-order valence-electron chi connectivity index (χ2n) is 4.12. The molecule has 1 aromatic heterocycles. The zero-order valence-electron chi connectivity index (χ0n) is 11.3. The second kappa shape index (κ2) is 6.38. The highest BCUT2D eigenvalue weighted by atomic mass is 32.2. The van der Waals surface area contributed by atoms with E-state index in [1.54, 1.807) is 37.5 Å². The Balaban J connectivity index is 2.17. The van der Waals surface area contributed by atoms with Crippen molar-refractivity contribution in [2.75, 3.05) is 12.3 Å². The highest BCUT2D eigenvalue weighted by Crippen LogP contribution is 2.30. The van der Waals surface area contributed by atoms with Gasteiger partial charge in [0, 0.05) is 23.0 Å². The molecule has 0 bridgehead atoms. The third kappa shape index (κ3) is 3.48. The summed E-state index contributed by atoms with van der Waals surface area (Å²) in [7, 11) is 0. The normalized spacial score (nSPS) is 10.3. The number of anilines is 1. The monoisotopic (exact) mass is 289 g/mol. The van der Waals surface area contributed by atoms with E-state index < -0.39 is 0 Å². The van der Waals surface area contributed by atoms with Crippen LogP contribution in [0, 0.1) is 6.92 Å². The maximum Gasteiger partial charge on any atom is 0.338 e. The number of aromatic nitrogens is 2. The van der Waals surface area contributed by atoms with Crippen molar-refractivity contribution in [1.29, 1.82) is 0 Å². The van der Waals surface area contributed by atoms with Gasteiger partial charge in [0.05, 0.1) is 12.2 Å². The molecule has 0 saturated carbocycles. The highest BCUT2D eigenvalue weighted by Gasteiger charge is 2.10. The molecule has 2 N–H and O–H groups in total. The molecular formula is C14H15N3O2S. The van der Waals surface area contributed by atoms with E-state index in [-0.39, 0.29) is 5.97 Å². The van der Waals surface area contributed by atoms with Crippen molar-refractivity contribution < 1.29 is 9.53 Å². The lowest BCUT2D eigenvalue weighted by Crippen LogP contribution is -2.05. The summed E-state index contributed by atoms with van der Waals surface area (Å²) in [6.45, 7) is 4.03. The van der Waals surface area contributed by atoms with Crippen LogP contribution in [0.2, 0.25) is 0 Å². The van der Waals surface area contributed by atoms with Gasteiger partial charge in [-0.25, -0.2) is 14.8 Å². The van der Waals surface area contributed by atoms with E-state index in [0.717, 1.165) is 10.5 Å². The van der Waals surface area contributed by atoms with E-state index in [0.29, 0.717) is 23.0 Å². The Labute approximate surface area is 121 Å². The van der Waals surface area contributed by atoms with E-state index in [1.807, 2.05) is 6.92 Å². The Morgan fingerprint density at radius 2 is 2.05 bits per heavy atom. The van der Waals surface area contributed by atoms with Gasteiger partial charge < -0.3 is 10.5 Å². The highest BCUT2D eigenvalue weighted by molar-refractivity contribution is 7.99. The zero-order chi connectivity index (χ0) is 14.5. The van der Waals surface area contributed by atoms with Gasteiger partial charge in [-0.05, 0) is 49.4 Å². The fourth-order valence-corrected chi connectivity index (χ4v) is 2.23. The van der Waals surface area contributed by atoms with Gasteiger partial charge >= 0.3 is 5.97 Å². The summed E-state index contributed by atoms with van der Waals surface area (Å²) in [5, 5.41) is 0.617. The van der Waals surface area contributed by atoms with Gasteiger partial charge in [0.25, 0.3) is 0 Å². The number of aryl methyl sites for hydroxylation is 1. The smallest absolute Gasteiger partial charge is 0.338 e. The minimum atomic E-state index is -0.373. The van der Waals surface area contributed by atoms with Crippen LogP contribution < -0.4 is 5.73 Å². The summed E-state index contributed by atoms with van der Waals surface area (Å²) in [6.07, 6.45) is 3.50. The van der Waals surface area contributed by atoms with Crippen molar-refractivity contribution >= 4 is 23.4 Å². The van der Waals surface area contributed by atoms with Crippen molar-refractivity contribution in [3.8, 4) is 0 Å². The van der Waals surface area contributed by atoms with Gasteiger partial charge in [0.2, 0.25) is 0 Å². The Morgan fingerprint density at radius 1 is 1.35 bits per heavy atom. The van der Waals surface area contributed by atoms with Crippen molar-refractivity contribution in [1.82, 2.24) is 9.97 Å². The largest absolute Gasteiger partial charge is 0.462 e. The number of rotatable bonds is 4. The molecule has 104 valence electrons. The number of nitrogens with zero attached hydrogens (tertiary/aromatic N) is 2. The number of esters is 1. The lowest BCUT2D eigenvalue weighted by Gasteiger charge is -2.07. The quantitative estimate of drug-likeness (QED) is 0.529. The van der Waals surface area contributed by atoms with Crippen LogP contribution in [0.5, 0.6) is 0 Å². The van der Waals surface area contributed by atoms with Gasteiger partial charge in [-0.15, -0.1) is 0 Å². The van der Waals surface area contributed by atoms with Crippen LogP contribution in [0.4, 0.5) is 5.69 Å². The Kier molecular flexibility index (Phi) is 4.57. The van der Waals surface area contributed by atoms with Gasteiger partial charge in [-0.1, -0.05) is 0 Å². The zero-order valence-corrected chi connectivity index (χ0v) is 12.1. The van der Waals surface area contributed by atoms with E-state index in [1.165, 1.54) is 11.8 Å². The Bertz CT molecular complexity index is 614. The topological polar surface area (TPSA) is 78.1 Å². The van der Waals surface area contributed by atoms with Crippen LogP contribution in [-0.4, -0.2) is 22.5 Å². The molecule has 6 heteroatoms. The lowest BCUT2D eigenvalue weighted by atomic mass is 10.2. The first kappa shape index (κ1) is 14.3. The summed E-state index contributed by atoms with van der Waals surface area (Å²) < 4.78 is 4.93. The molecule has 0 aliphatic rings. The molecule has 0 unspecified atom stereocenters. The molecule has 0 radical (unpaired) electrons. The fourth-order valence-electron chi connectivity index (χ4n) is 1.51. The minimum absolute atomic E-state index is 0.340. The standard InChI is InChI=1S/C14H15N3O2S/c1-3-19-13(18)10-4-5-12(11(15)6-10)20-14-16-7-9(2)8-17-14/h4-8H,3,15H2,1-2H3. The average molecular weight is 289 g/mol. The third-order valence-electron chi connectivity index (χ3n) is 2.48. The number of nitrogen functional groups attached to an aromatic ring is 1. The number of carbonyl (C=O) groups is 1. The lowest BCUT2D eigenvalue weighted by molar-refractivity contribution is 0.0526. The van der Waals surface area contributed by atoms with Crippen molar-refractivity contribution in [3.63, 3.8) is 0 Å². The van der Waals surface area contributed by atoms with Gasteiger partial charge in [-0.2, -0.15) is 0 Å². The SMILES string of the molecule is CCOC(=O)c1ccc(Sc2ncc(C)cn2)c(N)c1. The van der Waals surface area contributed by atoms with Crippen LogP contribution in [-0.2, 0) is 4.74 Å². The second-order valence-corrected chi connectivity index (χ2v) is 5.13. The number of carbonyl (C=O) groups excluding carboxylic acids is 1. The van der Waals surface area contributed by atoms with Crippen LogP contribution in [0.3, 0.4) is 0 Å². The molecule has 2 aromatic rings. The average Bonchev–Trinajstić information content (AvgIpc) is 2.43. The molecular weight excluding hydrogens is 274 g/mol.